The summed E-state index contributed by atoms with van der Waals surface area (Å²) in [6, 6.07) is 17.6. The Morgan fingerprint density at radius 2 is 1.77 bits per heavy atom. The lowest BCUT2D eigenvalue weighted by Crippen LogP contribution is -2.36. The number of hydrogen-bond donors (Lipinski definition) is 3. The predicted molar refractivity (Wildman–Crippen MR) is 119 cm³/mol. The molecule has 1 aromatic heterocycles. The highest BCUT2D eigenvalue weighted by Crippen LogP contribution is 2.17. The number of oxazole rings is 1. The van der Waals surface area contributed by atoms with Gasteiger partial charge < -0.3 is 20.4 Å². The summed E-state index contributed by atoms with van der Waals surface area (Å²) in [6.45, 7) is 3.09. The number of carbonyl (C=O) groups is 1. The molecule has 0 spiro atoms. The Morgan fingerprint density at radius 1 is 1.03 bits per heavy atom. The Kier molecular flexibility index (Phi) is 7.60. The summed E-state index contributed by atoms with van der Waals surface area (Å²) >= 11 is 0. The summed E-state index contributed by atoms with van der Waals surface area (Å²) in [5.41, 5.74) is 3.63. The molecule has 0 bridgehead atoms. The highest BCUT2D eigenvalue weighted by molar-refractivity contribution is 5.90. The molecular weight excluding hydrogens is 378 g/mol. The first-order chi connectivity index (χ1) is 14.7. The first-order valence-electron chi connectivity index (χ1n) is 10.0. The number of aromatic nitrogens is 1. The number of aliphatic imine (C=N–C) groups is 1. The number of benzene rings is 2. The van der Waals surface area contributed by atoms with Crippen molar-refractivity contribution in [2.24, 2.45) is 4.99 Å². The van der Waals surface area contributed by atoms with Crippen molar-refractivity contribution in [2.75, 3.05) is 12.4 Å². The van der Waals surface area contributed by atoms with Crippen molar-refractivity contribution in [2.45, 2.75) is 32.9 Å². The van der Waals surface area contributed by atoms with Crippen LogP contribution in [0.2, 0.25) is 0 Å². The van der Waals surface area contributed by atoms with Crippen molar-refractivity contribution in [1.82, 2.24) is 15.6 Å². The molecule has 3 N–H and O–H groups in total. The van der Waals surface area contributed by atoms with Crippen molar-refractivity contribution in [3.63, 3.8) is 0 Å². The van der Waals surface area contributed by atoms with Gasteiger partial charge in [-0.1, -0.05) is 37.3 Å². The molecule has 30 heavy (non-hydrogen) atoms. The quantitative estimate of drug-likeness (QED) is 0.390. The average Bonchev–Trinajstić information content (AvgIpc) is 3.25. The number of amides is 1. The van der Waals surface area contributed by atoms with E-state index in [1.807, 2.05) is 61.5 Å². The zero-order chi connectivity index (χ0) is 21.2. The van der Waals surface area contributed by atoms with E-state index in [0.29, 0.717) is 31.4 Å². The standard InChI is InChI=1S/C23H27N5O2/c1-3-7-21(29)27-19-12-10-17(11-13-19)14-25-23(24-2)26-15-20-16-30-22(28-20)18-8-5-4-6-9-18/h4-6,8-13,16H,3,7,14-15H2,1-2H3,(H,27,29)(H2,24,25,26). The van der Waals surface area contributed by atoms with Crippen molar-refractivity contribution in [3.8, 4) is 11.5 Å². The summed E-state index contributed by atoms with van der Waals surface area (Å²) in [7, 11) is 1.72. The summed E-state index contributed by atoms with van der Waals surface area (Å²) < 4.78 is 5.56. The summed E-state index contributed by atoms with van der Waals surface area (Å²) in [5, 5.41) is 9.39. The molecule has 0 radical (unpaired) electrons. The van der Waals surface area contributed by atoms with Gasteiger partial charge in [0.2, 0.25) is 11.8 Å². The highest BCUT2D eigenvalue weighted by Gasteiger charge is 2.07. The Morgan fingerprint density at radius 3 is 2.47 bits per heavy atom. The van der Waals surface area contributed by atoms with Crippen LogP contribution in [0.1, 0.15) is 31.0 Å². The van der Waals surface area contributed by atoms with Crippen molar-refractivity contribution in [3.05, 3.63) is 72.1 Å². The SMILES string of the molecule is CCCC(=O)Nc1ccc(CNC(=NC)NCc2coc(-c3ccccc3)n2)cc1. The van der Waals surface area contributed by atoms with Gasteiger partial charge in [-0.2, -0.15) is 0 Å². The minimum absolute atomic E-state index is 0.0382. The maximum Gasteiger partial charge on any atom is 0.226 e. The third-order valence-corrected chi connectivity index (χ3v) is 4.41. The Hall–Kier alpha value is -3.61. The molecule has 7 heteroatoms. The maximum absolute atomic E-state index is 11.7. The van der Waals surface area contributed by atoms with E-state index in [2.05, 4.69) is 25.9 Å². The van der Waals surface area contributed by atoms with Crippen LogP contribution in [0.4, 0.5) is 5.69 Å². The van der Waals surface area contributed by atoms with Crippen LogP contribution in [0.3, 0.4) is 0 Å². The van der Waals surface area contributed by atoms with E-state index in [-0.39, 0.29) is 5.91 Å². The molecule has 1 amide bonds. The molecule has 0 aliphatic carbocycles. The fourth-order valence-corrected chi connectivity index (χ4v) is 2.84. The second kappa shape index (κ2) is 10.8. The molecule has 1 heterocycles. The minimum Gasteiger partial charge on any atom is -0.444 e. The topological polar surface area (TPSA) is 91.5 Å². The van der Waals surface area contributed by atoms with Crippen LogP contribution in [0.25, 0.3) is 11.5 Å². The number of anilines is 1. The molecule has 2 aromatic carbocycles. The molecule has 0 aliphatic rings. The van der Waals surface area contributed by atoms with Gasteiger partial charge in [0.1, 0.15) is 6.26 Å². The predicted octanol–water partition coefficient (Wildman–Crippen LogP) is 3.95. The molecule has 3 aromatic rings. The summed E-state index contributed by atoms with van der Waals surface area (Å²) in [4.78, 5) is 20.4. The average molecular weight is 406 g/mol. The van der Waals surface area contributed by atoms with Crippen LogP contribution in [-0.2, 0) is 17.9 Å². The van der Waals surface area contributed by atoms with Gasteiger partial charge in [-0.25, -0.2) is 4.98 Å². The molecule has 0 saturated heterocycles. The first-order valence-corrected chi connectivity index (χ1v) is 10.0. The fourth-order valence-electron chi connectivity index (χ4n) is 2.84. The third-order valence-electron chi connectivity index (χ3n) is 4.41. The number of nitrogens with one attached hydrogen (secondary N) is 3. The van der Waals surface area contributed by atoms with E-state index in [1.54, 1.807) is 13.3 Å². The second-order valence-electron chi connectivity index (χ2n) is 6.78. The Balaban J connectivity index is 1.47. The van der Waals surface area contributed by atoms with Gasteiger partial charge in [-0.15, -0.1) is 0 Å². The van der Waals surface area contributed by atoms with Crippen molar-refractivity contribution in [1.29, 1.82) is 0 Å². The van der Waals surface area contributed by atoms with E-state index in [9.17, 15) is 4.79 Å². The van der Waals surface area contributed by atoms with Crippen LogP contribution in [0, 0.1) is 0 Å². The Bertz CT molecular complexity index is 965. The molecule has 7 nitrogen and oxygen atoms in total. The van der Waals surface area contributed by atoms with Gasteiger partial charge in [-0.3, -0.25) is 9.79 Å². The fraction of sp³-hybridized carbons (Fsp3) is 0.261. The van der Waals surface area contributed by atoms with Crippen LogP contribution in [0.15, 0.2) is 70.3 Å². The maximum atomic E-state index is 11.7. The monoisotopic (exact) mass is 405 g/mol. The largest absolute Gasteiger partial charge is 0.444 e. The lowest BCUT2D eigenvalue weighted by molar-refractivity contribution is -0.116. The molecule has 0 unspecified atom stereocenters. The molecular formula is C23H27N5O2. The number of hydrogen-bond acceptors (Lipinski definition) is 4. The lowest BCUT2D eigenvalue weighted by Gasteiger charge is -2.11. The summed E-state index contributed by atoms with van der Waals surface area (Å²) in [6.07, 6.45) is 3.01. The Labute approximate surface area is 176 Å². The van der Waals surface area contributed by atoms with E-state index in [4.69, 9.17) is 4.42 Å². The van der Waals surface area contributed by atoms with Crippen LogP contribution in [-0.4, -0.2) is 23.9 Å². The molecule has 156 valence electrons. The normalized spacial score (nSPS) is 11.2. The zero-order valence-corrected chi connectivity index (χ0v) is 17.3. The van der Waals surface area contributed by atoms with E-state index < -0.39 is 0 Å². The minimum atomic E-state index is 0.0382. The first kappa shape index (κ1) is 21.1. The molecule has 3 rings (SSSR count). The number of rotatable bonds is 8. The number of carbonyl (C=O) groups excluding carboxylic acids is 1. The second-order valence-corrected chi connectivity index (χ2v) is 6.78. The van der Waals surface area contributed by atoms with Crippen molar-refractivity contribution >= 4 is 17.6 Å². The zero-order valence-electron chi connectivity index (χ0n) is 17.3. The summed E-state index contributed by atoms with van der Waals surface area (Å²) in [5.74, 6) is 1.30. The van der Waals surface area contributed by atoms with E-state index >= 15 is 0 Å². The van der Waals surface area contributed by atoms with Gasteiger partial charge in [0.25, 0.3) is 0 Å². The van der Waals surface area contributed by atoms with Crippen LogP contribution < -0.4 is 16.0 Å². The molecule has 0 saturated carbocycles. The van der Waals surface area contributed by atoms with Gasteiger partial charge >= 0.3 is 0 Å². The third kappa shape index (κ3) is 6.20. The number of guanidine groups is 1. The van der Waals surface area contributed by atoms with Gasteiger partial charge in [0.05, 0.1) is 12.2 Å². The van der Waals surface area contributed by atoms with Crippen LogP contribution in [0.5, 0.6) is 0 Å². The lowest BCUT2D eigenvalue weighted by atomic mass is 10.2. The molecule has 0 atom stereocenters. The number of nitrogens with zero attached hydrogens (tertiary/aromatic N) is 2. The smallest absolute Gasteiger partial charge is 0.226 e. The van der Waals surface area contributed by atoms with E-state index in [0.717, 1.165) is 28.9 Å². The van der Waals surface area contributed by atoms with Crippen LogP contribution >= 0.6 is 0 Å². The highest BCUT2D eigenvalue weighted by atomic mass is 16.3. The van der Waals surface area contributed by atoms with Gasteiger partial charge in [-0.05, 0) is 36.2 Å². The van der Waals surface area contributed by atoms with Crippen molar-refractivity contribution < 1.29 is 9.21 Å². The molecule has 0 fully saturated rings. The molecule has 0 aliphatic heterocycles. The van der Waals surface area contributed by atoms with Gasteiger partial charge in [0.15, 0.2) is 5.96 Å². The van der Waals surface area contributed by atoms with Gasteiger partial charge in [0, 0.05) is 31.3 Å². The van der Waals surface area contributed by atoms with E-state index in [1.165, 1.54) is 0 Å².